The van der Waals surface area contributed by atoms with E-state index in [1.165, 1.54) is 0 Å². The molecule has 8 heteroatoms. The number of nitrogens with one attached hydrogen (secondary N) is 1. The largest absolute Gasteiger partial charge is 0.354 e. The van der Waals surface area contributed by atoms with Gasteiger partial charge in [0.2, 0.25) is 11.8 Å². The average Bonchev–Trinajstić information content (AvgIpc) is 2.84. The van der Waals surface area contributed by atoms with Crippen LogP contribution in [0, 0.1) is 0 Å². The monoisotopic (exact) mass is 550 g/mol. The van der Waals surface area contributed by atoms with Crippen molar-refractivity contribution in [2.45, 2.75) is 38.8 Å². The lowest BCUT2D eigenvalue weighted by molar-refractivity contribution is -0.140. The highest BCUT2D eigenvalue weighted by molar-refractivity contribution is 6.42. The number of carbonyl (C=O) groups is 2. The highest BCUT2D eigenvalue weighted by Crippen LogP contribution is 2.28. The van der Waals surface area contributed by atoms with Gasteiger partial charge in [-0.2, -0.15) is 0 Å². The minimum absolute atomic E-state index is 0.0330. The fourth-order valence-electron chi connectivity index (χ4n) is 3.70. The van der Waals surface area contributed by atoms with Crippen LogP contribution in [0.15, 0.2) is 66.7 Å². The highest BCUT2D eigenvalue weighted by Gasteiger charge is 2.31. The van der Waals surface area contributed by atoms with Crippen LogP contribution in [0.2, 0.25) is 20.1 Å². The predicted octanol–water partition coefficient (Wildman–Crippen LogP) is 7.01. The van der Waals surface area contributed by atoms with E-state index in [2.05, 4.69) is 5.32 Å². The molecule has 1 unspecified atom stereocenters. The Kier molecular flexibility index (Phi) is 10.3. The summed E-state index contributed by atoms with van der Waals surface area (Å²) in [4.78, 5) is 28.6. The van der Waals surface area contributed by atoms with Crippen LogP contribution in [0.25, 0.3) is 0 Å². The molecule has 1 atom stereocenters. The third-order valence-electron chi connectivity index (χ3n) is 5.55. The summed E-state index contributed by atoms with van der Waals surface area (Å²) in [5.41, 5.74) is 2.20. The average molecular weight is 552 g/mol. The van der Waals surface area contributed by atoms with E-state index < -0.39 is 6.04 Å². The summed E-state index contributed by atoms with van der Waals surface area (Å²) >= 11 is 25.1. The van der Waals surface area contributed by atoms with Crippen LogP contribution in [0.4, 0.5) is 0 Å². The van der Waals surface area contributed by atoms with Crippen LogP contribution in [0.3, 0.4) is 0 Å². The van der Waals surface area contributed by atoms with E-state index in [1.54, 1.807) is 41.3 Å². The molecule has 0 aliphatic heterocycles. The zero-order valence-corrected chi connectivity index (χ0v) is 22.3. The van der Waals surface area contributed by atoms with Crippen molar-refractivity contribution in [3.63, 3.8) is 0 Å². The Morgan fingerprint density at radius 2 is 1.51 bits per heavy atom. The first-order valence-corrected chi connectivity index (χ1v) is 12.8. The fraction of sp³-hybridized carbons (Fsp3) is 0.259. The molecule has 35 heavy (non-hydrogen) atoms. The number of hydrogen-bond acceptors (Lipinski definition) is 2. The molecule has 3 aromatic rings. The molecule has 3 rings (SSSR count). The van der Waals surface area contributed by atoms with Crippen molar-refractivity contribution in [3.8, 4) is 0 Å². The van der Waals surface area contributed by atoms with E-state index in [-0.39, 0.29) is 24.8 Å². The molecule has 0 saturated carbocycles. The molecule has 0 fully saturated rings. The van der Waals surface area contributed by atoms with E-state index in [0.717, 1.165) is 12.0 Å². The lowest BCUT2D eigenvalue weighted by Gasteiger charge is -2.32. The maximum Gasteiger partial charge on any atom is 0.243 e. The lowest BCUT2D eigenvalue weighted by Crippen LogP contribution is -2.51. The van der Waals surface area contributed by atoms with Gasteiger partial charge in [-0.05, 0) is 41.8 Å². The zero-order chi connectivity index (χ0) is 25.4. The van der Waals surface area contributed by atoms with Gasteiger partial charge in [0.25, 0.3) is 0 Å². The number of carbonyl (C=O) groups excluding carboxylic acids is 2. The van der Waals surface area contributed by atoms with Crippen LogP contribution >= 0.6 is 46.4 Å². The van der Waals surface area contributed by atoms with E-state index in [0.29, 0.717) is 44.2 Å². The maximum atomic E-state index is 13.7. The van der Waals surface area contributed by atoms with Gasteiger partial charge in [0.05, 0.1) is 16.5 Å². The SMILES string of the molecule is CCCNC(=O)C(Cc1ccccc1)N(Cc1c(Cl)cccc1Cl)C(=O)Cc1ccc(Cl)c(Cl)c1. The van der Waals surface area contributed by atoms with Crippen molar-refractivity contribution in [2.24, 2.45) is 0 Å². The van der Waals surface area contributed by atoms with Crippen LogP contribution in [0.1, 0.15) is 30.0 Å². The molecule has 1 N–H and O–H groups in total. The summed E-state index contributed by atoms with van der Waals surface area (Å²) in [5, 5.41) is 4.57. The van der Waals surface area contributed by atoms with Crippen LogP contribution < -0.4 is 5.32 Å². The molecule has 0 spiro atoms. The number of nitrogens with zero attached hydrogens (tertiary/aromatic N) is 1. The third kappa shape index (κ3) is 7.62. The number of hydrogen-bond donors (Lipinski definition) is 1. The molecule has 0 radical (unpaired) electrons. The summed E-state index contributed by atoms with van der Waals surface area (Å²) in [7, 11) is 0. The Morgan fingerprint density at radius 1 is 0.829 bits per heavy atom. The Morgan fingerprint density at radius 3 is 2.14 bits per heavy atom. The van der Waals surface area contributed by atoms with Crippen molar-refractivity contribution < 1.29 is 9.59 Å². The second-order valence-electron chi connectivity index (χ2n) is 8.14. The van der Waals surface area contributed by atoms with Gasteiger partial charge in [-0.1, -0.05) is 95.8 Å². The summed E-state index contributed by atoms with van der Waals surface area (Å²) in [6.45, 7) is 2.56. The van der Waals surface area contributed by atoms with Gasteiger partial charge < -0.3 is 10.2 Å². The van der Waals surface area contributed by atoms with Gasteiger partial charge in [-0.3, -0.25) is 9.59 Å². The minimum Gasteiger partial charge on any atom is -0.354 e. The van der Waals surface area contributed by atoms with Crippen LogP contribution in [0.5, 0.6) is 0 Å². The highest BCUT2D eigenvalue weighted by atomic mass is 35.5. The molecule has 0 heterocycles. The minimum atomic E-state index is -0.772. The maximum absolute atomic E-state index is 13.7. The van der Waals surface area contributed by atoms with Crippen molar-refractivity contribution in [1.82, 2.24) is 10.2 Å². The quantitative estimate of drug-likeness (QED) is 0.294. The second kappa shape index (κ2) is 13.2. The van der Waals surface area contributed by atoms with E-state index in [1.807, 2.05) is 37.3 Å². The third-order valence-corrected chi connectivity index (χ3v) is 7.00. The number of halogens is 4. The molecule has 0 bridgehead atoms. The lowest BCUT2D eigenvalue weighted by atomic mass is 10.0. The van der Waals surface area contributed by atoms with Crippen molar-refractivity contribution in [3.05, 3.63) is 104 Å². The Balaban J connectivity index is 2.01. The molecule has 184 valence electrons. The number of amides is 2. The fourth-order valence-corrected chi connectivity index (χ4v) is 4.54. The first kappa shape index (κ1) is 27.3. The molecule has 4 nitrogen and oxygen atoms in total. The van der Waals surface area contributed by atoms with E-state index in [9.17, 15) is 9.59 Å². The Bertz CT molecular complexity index is 1150. The number of rotatable bonds is 10. The summed E-state index contributed by atoms with van der Waals surface area (Å²) in [6, 6.07) is 19.0. The van der Waals surface area contributed by atoms with Gasteiger partial charge in [-0.25, -0.2) is 0 Å². The van der Waals surface area contributed by atoms with E-state index in [4.69, 9.17) is 46.4 Å². The standard InChI is InChI=1S/C27H26Cl4N2O2/c1-2-13-32-27(35)25(15-18-7-4-3-5-8-18)33(17-20-21(28)9-6-10-22(20)29)26(34)16-19-11-12-23(30)24(31)14-19/h3-12,14,25H,2,13,15-17H2,1H3,(H,32,35). The van der Waals surface area contributed by atoms with Crippen molar-refractivity contribution in [1.29, 1.82) is 0 Å². The van der Waals surface area contributed by atoms with Crippen molar-refractivity contribution >= 4 is 58.2 Å². The van der Waals surface area contributed by atoms with Gasteiger partial charge in [-0.15, -0.1) is 0 Å². The van der Waals surface area contributed by atoms with Gasteiger partial charge in [0.15, 0.2) is 0 Å². The molecular weight excluding hydrogens is 526 g/mol. The first-order valence-electron chi connectivity index (χ1n) is 11.3. The summed E-state index contributed by atoms with van der Waals surface area (Å²) < 4.78 is 0. The molecule has 0 aliphatic carbocycles. The number of benzene rings is 3. The van der Waals surface area contributed by atoms with E-state index >= 15 is 0 Å². The van der Waals surface area contributed by atoms with Crippen molar-refractivity contribution in [2.75, 3.05) is 6.54 Å². The molecular formula is C27H26Cl4N2O2. The second-order valence-corrected chi connectivity index (χ2v) is 9.77. The summed E-state index contributed by atoms with van der Waals surface area (Å²) in [5.74, 6) is -0.492. The molecule has 0 saturated heterocycles. The molecule has 3 aromatic carbocycles. The van der Waals surface area contributed by atoms with Crippen LogP contribution in [-0.2, 0) is 29.0 Å². The zero-order valence-electron chi connectivity index (χ0n) is 19.2. The van der Waals surface area contributed by atoms with Gasteiger partial charge in [0.1, 0.15) is 6.04 Å². The van der Waals surface area contributed by atoms with Crippen LogP contribution in [-0.4, -0.2) is 29.3 Å². The smallest absolute Gasteiger partial charge is 0.243 e. The summed E-state index contributed by atoms with van der Waals surface area (Å²) in [6.07, 6.45) is 1.15. The normalized spacial score (nSPS) is 11.7. The molecule has 2 amide bonds. The van der Waals surface area contributed by atoms with Gasteiger partial charge in [0, 0.05) is 35.1 Å². The molecule has 0 aromatic heterocycles. The van der Waals surface area contributed by atoms with Gasteiger partial charge >= 0.3 is 0 Å². The Labute approximate surface area is 226 Å². The first-order chi connectivity index (χ1) is 16.8. The predicted molar refractivity (Wildman–Crippen MR) is 144 cm³/mol. The topological polar surface area (TPSA) is 49.4 Å². The Hall–Kier alpha value is -2.24. The molecule has 0 aliphatic rings.